The number of alkyl halides is 2. The van der Waals surface area contributed by atoms with E-state index in [1.807, 2.05) is 12.3 Å². The van der Waals surface area contributed by atoms with E-state index in [0.29, 0.717) is 29.3 Å². The summed E-state index contributed by atoms with van der Waals surface area (Å²) in [5.41, 5.74) is 0.558. The molecule has 1 aliphatic heterocycles. The number of hydrogen-bond donors (Lipinski definition) is 4. The molecule has 8 nitrogen and oxygen atoms in total. The van der Waals surface area contributed by atoms with Gasteiger partial charge >= 0.3 is 0 Å². The predicted octanol–water partition coefficient (Wildman–Crippen LogP) is 2.20. The van der Waals surface area contributed by atoms with Crippen LogP contribution in [0.3, 0.4) is 0 Å². The highest BCUT2D eigenvalue weighted by Crippen LogP contribution is 2.21. The van der Waals surface area contributed by atoms with Gasteiger partial charge in [-0.05, 0) is 25.3 Å². The first-order chi connectivity index (χ1) is 14.0. The molecule has 0 bridgehead atoms. The van der Waals surface area contributed by atoms with Gasteiger partial charge in [-0.25, -0.2) is 23.7 Å². The highest BCUT2D eigenvalue weighted by molar-refractivity contribution is 7.96. The first-order valence-electron chi connectivity index (χ1n) is 9.17. The minimum Gasteiger partial charge on any atom is -0.354 e. The molecule has 0 amide bonds. The Bertz CT molecular complexity index is 856. The van der Waals surface area contributed by atoms with Crippen LogP contribution in [0.2, 0.25) is 0 Å². The Morgan fingerprint density at radius 2 is 2.24 bits per heavy atom. The number of piperazine rings is 1. The third-order valence-corrected chi connectivity index (χ3v) is 5.22. The van der Waals surface area contributed by atoms with Gasteiger partial charge in [-0.3, -0.25) is 10.1 Å². The summed E-state index contributed by atoms with van der Waals surface area (Å²) < 4.78 is 28.2. The number of aromatic nitrogens is 4. The molecule has 0 saturated carbocycles. The molecule has 0 radical (unpaired) electrons. The maximum absolute atomic E-state index is 12.4. The van der Waals surface area contributed by atoms with Gasteiger partial charge in [0.05, 0.1) is 23.3 Å². The highest BCUT2D eigenvalue weighted by atomic mass is 32.2. The van der Waals surface area contributed by atoms with Gasteiger partial charge in [0.2, 0.25) is 0 Å². The van der Waals surface area contributed by atoms with E-state index < -0.39 is 12.1 Å². The molecule has 3 rings (SSSR count). The van der Waals surface area contributed by atoms with E-state index in [-0.39, 0.29) is 0 Å². The summed E-state index contributed by atoms with van der Waals surface area (Å²) in [6.45, 7) is 4.67. The zero-order chi connectivity index (χ0) is 20.8. The Morgan fingerprint density at radius 3 is 3.00 bits per heavy atom. The van der Waals surface area contributed by atoms with Gasteiger partial charge in [-0.15, -0.1) is 0 Å². The lowest BCUT2D eigenvalue weighted by Crippen LogP contribution is -2.57. The molecule has 156 valence electrons. The number of allylic oxidation sites excluding steroid dienone is 1. The van der Waals surface area contributed by atoms with Crippen molar-refractivity contribution in [2.75, 3.05) is 30.8 Å². The first kappa shape index (κ1) is 21.3. The minimum atomic E-state index is -2.80. The SMILES string of the molecule is CSNC(C)C1CN(c2cc(-c3cnc(/C=C\C(=N)C(F)F)[nH]3)ncn2)CCN1. The Labute approximate surface area is 172 Å². The number of halogens is 2. The zero-order valence-corrected chi connectivity index (χ0v) is 17.0. The molecule has 0 aromatic carbocycles. The lowest BCUT2D eigenvalue weighted by atomic mass is 10.1. The first-order valence-corrected chi connectivity index (χ1v) is 10.4. The summed E-state index contributed by atoms with van der Waals surface area (Å²) in [6.07, 6.45) is 4.68. The predicted molar refractivity (Wildman–Crippen MR) is 112 cm³/mol. The van der Waals surface area contributed by atoms with Gasteiger partial charge < -0.3 is 15.2 Å². The Hall–Kier alpha value is -2.37. The summed E-state index contributed by atoms with van der Waals surface area (Å²) in [6, 6.07) is 2.49. The Kier molecular flexibility index (Phi) is 7.29. The molecule has 0 aliphatic carbocycles. The molecular weight excluding hydrogens is 398 g/mol. The molecule has 1 fully saturated rings. The highest BCUT2D eigenvalue weighted by Gasteiger charge is 2.25. The van der Waals surface area contributed by atoms with Crippen molar-refractivity contribution in [2.45, 2.75) is 25.4 Å². The van der Waals surface area contributed by atoms with Crippen molar-refractivity contribution in [1.29, 1.82) is 5.41 Å². The van der Waals surface area contributed by atoms with Crippen LogP contribution in [0.15, 0.2) is 24.7 Å². The van der Waals surface area contributed by atoms with Gasteiger partial charge in [0, 0.05) is 37.8 Å². The second-order valence-electron chi connectivity index (χ2n) is 6.65. The molecule has 11 heteroatoms. The van der Waals surface area contributed by atoms with Crippen LogP contribution in [0.1, 0.15) is 12.7 Å². The number of H-pyrrole nitrogens is 1. The average Bonchev–Trinajstić information content (AvgIpc) is 3.21. The number of imidazole rings is 1. The maximum atomic E-state index is 12.4. The van der Waals surface area contributed by atoms with Crippen LogP contribution in [0.25, 0.3) is 17.5 Å². The van der Waals surface area contributed by atoms with Gasteiger partial charge in [-0.2, -0.15) is 0 Å². The van der Waals surface area contributed by atoms with Crippen LogP contribution in [0.4, 0.5) is 14.6 Å². The molecule has 1 aliphatic rings. The molecule has 0 spiro atoms. The lowest BCUT2D eigenvalue weighted by Gasteiger charge is -2.37. The number of nitrogens with one attached hydrogen (secondary N) is 4. The Morgan fingerprint density at radius 1 is 1.41 bits per heavy atom. The van der Waals surface area contributed by atoms with Crippen LogP contribution >= 0.6 is 11.9 Å². The summed E-state index contributed by atoms with van der Waals surface area (Å²) >= 11 is 1.60. The van der Waals surface area contributed by atoms with Gasteiger partial charge in [0.15, 0.2) is 0 Å². The fourth-order valence-electron chi connectivity index (χ4n) is 3.05. The quantitative estimate of drug-likeness (QED) is 0.382. The zero-order valence-electron chi connectivity index (χ0n) is 16.2. The largest absolute Gasteiger partial charge is 0.354 e. The van der Waals surface area contributed by atoms with Crippen LogP contribution in [0, 0.1) is 5.41 Å². The number of anilines is 1. The summed E-state index contributed by atoms with van der Waals surface area (Å²) in [5.74, 6) is 1.20. The van der Waals surface area contributed by atoms with E-state index in [1.54, 1.807) is 18.1 Å². The maximum Gasteiger partial charge on any atom is 0.279 e. The molecule has 2 aromatic rings. The second kappa shape index (κ2) is 9.90. The van der Waals surface area contributed by atoms with E-state index in [4.69, 9.17) is 5.41 Å². The van der Waals surface area contributed by atoms with E-state index in [9.17, 15) is 8.78 Å². The van der Waals surface area contributed by atoms with E-state index in [1.165, 1.54) is 12.4 Å². The van der Waals surface area contributed by atoms with Crippen molar-refractivity contribution in [1.82, 2.24) is 30.0 Å². The van der Waals surface area contributed by atoms with Crippen molar-refractivity contribution in [3.05, 3.63) is 30.5 Å². The number of aromatic amines is 1. The van der Waals surface area contributed by atoms with Crippen LogP contribution in [-0.2, 0) is 0 Å². The number of rotatable bonds is 8. The number of nitrogens with zero attached hydrogens (tertiary/aromatic N) is 4. The molecular formula is C18H24F2N8S. The van der Waals surface area contributed by atoms with Crippen molar-refractivity contribution < 1.29 is 8.78 Å². The topological polar surface area (TPSA) is 106 Å². The van der Waals surface area contributed by atoms with Crippen LogP contribution in [-0.4, -0.2) is 70.0 Å². The van der Waals surface area contributed by atoms with Gasteiger partial charge in [-0.1, -0.05) is 11.9 Å². The van der Waals surface area contributed by atoms with Crippen molar-refractivity contribution >= 4 is 29.6 Å². The Balaban J connectivity index is 1.72. The van der Waals surface area contributed by atoms with Crippen molar-refractivity contribution in [3.63, 3.8) is 0 Å². The normalized spacial score (nSPS) is 18.5. The molecule has 2 atom stereocenters. The van der Waals surface area contributed by atoms with Crippen LogP contribution in [0.5, 0.6) is 0 Å². The average molecular weight is 423 g/mol. The third-order valence-electron chi connectivity index (χ3n) is 4.62. The van der Waals surface area contributed by atoms with Gasteiger partial charge in [0.1, 0.15) is 18.0 Å². The summed E-state index contributed by atoms with van der Waals surface area (Å²) in [4.78, 5) is 18.1. The fourth-order valence-corrected chi connectivity index (χ4v) is 3.59. The van der Waals surface area contributed by atoms with Crippen molar-refractivity contribution in [2.24, 2.45) is 0 Å². The fraction of sp³-hybridized carbons (Fsp3) is 0.444. The van der Waals surface area contributed by atoms with E-state index in [0.717, 1.165) is 31.5 Å². The van der Waals surface area contributed by atoms with Crippen molar-refractivity contribution in [3.8, 4) is 11.4 Å². The monoisotopic (exact) mass is 422 g/mol. The molecule has 2 unspecified atom stereocenters. The van der Waals surface area contributed by atoms with Crippen LogP contribution < -0.4 is 14.9 Å². The molecule has 4 N–H and O–H groups in total. The lowest BCUT2D eigenvalue weighted by molar-refractivity contribution is 0.226. The van der Waals surface area contributed by atoms with Gasteiger partial charge in [0.25, 0.3) is 6.43 Å². The minimum absolute atomic E-state index is 0.295. The standard InChI is InChI=1S/C18H24F2N8S/c1-11(27-29-2)15-9-28(6-5-22-15)17-7-13(24-10-25-17)14-8-23-16(26-14)4-3-12(21)18(19)20/h3-4,7-8,10-11,15,18,21-22,27H,5-6,9H2,1-2H3,(H,23,26)/b4-3-,21-12?. The summed E-state index contributed by atoms with van der Waals surface area (Å²) in [5, 5.41) is 10.7. The molecule has 3 heterocycles. The third kappa shape index (κ3) is 5.58. The second-order valence-corrected chi connectivity index (χ2v) is 7.29. The molecule has 2 aromatic heterocycles. The van der Waals surface area contributed by atoms with E-state index in [2.05, 4.69) is 41.8 Å². The molecule has 29 heavy (non-hydrogen) atoms. The molecule has 1 saturated heterocycles. The van der Waals surface area contributed by atoms with E-state index >= 15 is 0 Å². The smallest absolute Gasteiger partial charge is 0.279 e. The summed E-state index contributed by atoms with van der Waals surface area (Å²) in [7, 11) is 0. The number of hydrogen-bond acceptors (Lipinski definition) is 8.